The van der Waals surface area contributed by atoms with Crippen molar-refractivity contribution in [3.63, 3.8) is 0 Å². The number of aromatic carboxylic acids is 2. The molecule has 0 aliphatic carbocycles. The van der Waals surface area contributed by atoms with Crippen molar-refractivity contribution in [1.29, 1.82) is 0 Å². The zero-order valence-corrected chi connectivity index (χ0v) is 9.60. The molecule has 0 saturated carbocycles. The quantitative estimate of drug-likeness (QED) is 0.619. The lowest BCUT2D eigenvalue weighted by Gasteiger charge is -2.12. The first-order chi connectivity index (χ1) is 8.47. The van der Waals surface area contributed by atoms with E-state index in [1.165, 1.54) is 0 Å². The number of hydrogen-bond donors (Lipinski definition) is 0. The van der Waals surface area contributed by atoms with Crippen molar-refractivity contribution in [2.75, 3.05) is 6.61 Å². The first-order valence-electron chi connectivity index (χ1n) is 5.21. The Hall–Kier alpha value is -2.37. The number of rotatable bonds is 5. The Morgan fingerprint density at radius 2 is 1.72 bits per heavy atom. The van der Waals surface area contributed by atoms with Crippen LogP contribution < -0.4 is 10.2 Å². The molecular weight excluding hydrogens is 240 g/mol. The van der Waals surface area contributed by atoms with Crippen LogP contribution in [0, 0.1) is 0 Å². The van der Waals surface area contributed by atoms with Gasteiger partial charge >= 0.3 is 5.97 Å². The number of carbonyl (C=O) groups is 3. The molecule has 0 saturated heterocycles. The van der Waals surface area contributed by atoms with E-state index in [4.69, 9.17) is 4.74 Å². The SMILES string of the molecule is CCCOC(=O)c1ccc(C(=O)[O-])c(C(=O)[O-])c1. The fourth-order valence-corrected chi connectivity index (χ4v) is 1.30. The van der Waals surface area contributed by atoms with E-state index < -0.39 is 29.0 Å². The maximum atomic E-state index is 11.5. The molecule has 0 aromatic heterocycles. The molecule has 0 N–H and O–H groups in total. The predicted octanol–water partition coefficient (Wildman–Crippen LogP) is -1.02. The normalized spacial score (nSPS) is 9.83. The lowest BCUT2D eigenvalue weighted by Crippen LogP contribution is -2.30. The Bertz CT molecular complexity index is 491. The van der Waals surface area contributed by atoms with E-state index in [0.717, 1.165) is 18.2 Å². The van der Waals surface area contributed by atoms with Gasteiger partial charge in [-0.1, -0.05) is 13.0 Å². The van der Waals surface area contributed by atoms with Gasteiger partial charge in [-0.2, -0.15) is 0 Å². The zero-order valence-electron chi connectivity index (χ0n) is 9.60. The van der Waals surface area contributed by atoms with Gasteiger partial charge in [0, 0.05) is 11.1 Å². The monoisotopic (exact) mass is 250 g/mol. The number of carboxylic acids is 2. The molecule has 6 heteroatoms. The Labute approximate surface area is 103 Å². The van der Waals surface area contributed by atoms with E-state index in [0.29, 0.717) is 6.42 Å². The highest BCUT2D eigenvalue weighted by molar-refractivity contribution is 6.02. The van der Waals surface area contributed by atoms with Crippen molar-refractivity contribution in [3.05, 3.63) is 34.9 Å². The van der Waals surface area contributed by atoms with Crippen molar-refractivity contribution in [3.8, 4) is 0 Å². The van der Waals surface area contributed by atoms with E-state index in [1.807, 2.05) is 0 Å². The predicted molar refractivity (Wildman–Crippen MR) is 55.7 cm³/mol. The summed E-state index contributed by atoms with van der Waals surface area (Å²) in [4.78, 5) is 32.9. The summed E-state index contributed by atoms with van der Waals surface area (Å²) in [6.07, 6.45) is 0.621. The molecule has 0 aliphatic heterocycles. The smallest absolute Gasteiger partial charge is 0.338 e. The fourth-order valence-electron chi connectivity index (χ4n) is 1.30. The van der Waals surface area contributed by atoms with Gasteiger partial charge in [0.05, 0.1) is 24.1 Å². The van der Waals surface area contributed by atoms with Crippen LogP contribution in [0.2, 0.25) is 0 Å². The third-order valence-corrected chi connectivity index (χ3v) is 2.13. The summed E-state index contributed by atoms with van der Waals surface area (Å²) in [5.41, 5.74) is -1.20. The third-order valence-electron chi connectivity index (χ3n) is 2.13. The van der Waals surface area contributed by atoms with E-state index in [1.54, 1.807) is 6.92 Å². The number of esters is 1. The van der Waals surface area contributed by atoms with E-state index in [-0.39, 0.29) is 12.2 Å². The van der Waals surface area contributed by atoms with Crippen LogP contribution in [0.3, 0.4) is 0 Å². The summed E-state index contributed by atoms with van der Waals surface area (Å²) in [6.45, 7) is 2.00. The van der Waals surface area contributed by atoms with Crippen LogP contribution in [0.15, 0.2) is 18.2 Å². The molecule has 0 fully saturated rings. The Balaban J connectivity index is 3.11. The second-order valence-corrected chi connectivity index (χ2v) is 3.47. The van der Waals surface area contributed by atoms with Gasteiger partial charge in [-0.15, -0.1) is 0 Å². The molecule has 1 rings (SSSR count). The minimum Gasteiger partial charge on any atom is -0.545 e. The molecule has 96 valence electrons. The van der Waals surface area contributed by atoms with Crippen LogP contribution in [0.5, 0.6) is 0 Å². The summed E-state index contributed by atoms with van der Waals surface area (Å²) in [7, 11) is 0. The second-order valence-electron chi connectivity index (χ2n) is 3.47. The van der Waals surface area contributed by atoms with Gasteiger partial charge < -0.3 is 24.5 Å². The molecule has 0 heterocycles. The van der Waals surface area contributed by atoms with Crippen LogP contribution in [0.4, 0.5) is 0 Å². The maximum Gasteiger partial charge on any atom is 0.338 e. The van der Waals surface area contributed by atoms with E-state index in [2.05, 4.69) is 0 Å². The van der Waals surface area contributed by atoms with E-state index >= 15 is 0 Å². The van der Waals surface area contributed by atoms with Gasteiger partial charge in [0.2, 0.25) is 0 Å². The highest BCUT2D eigenvalue weighted by Crippen LogP contribution is 2.12. The summed E-state index contributed by atoms with van der Waals surface area (Å²) in [5, 5.41) is 21.4. The van der Waals surface area contributed by atoms with Crippen LogP contribution >= 0.6 is 0 Å². The molecule has 1 aromatic carbocycles. The topological polar surface area (TPSA) is 107 Å². The van der Waals surface area contributed by atoms with Gasteiger partial charge in [-0.25, -0.2) is 4.79 Å². The summed E-state index contributed by atoms with van der Waals surface area (Å²) in [5.74, 6) is -4.06. The molecule has 0 unspecified atom stereocenters. The Morgan fingerprint density at radius 3 is 2.22 bits per heavy atom. The Kier molecular flexibility index (Phi) is 4.42. The van der Waals surface area contributed by atoms with Crippen molar-refractivity contribution in [2.45, 2.75) is 13.3 Å². The summed E-state index contributed by atoms with van der Waals surface area (Å²) < 4.78 is 4.80. The molecule has 0 spiro atoms. The van der Waals surface area contributed by atoms with Crippen LogP contribution in [-0.4, -0.2) is 24.5 Å². The fraction of sp³-hybridized carbons (Fsp3) is 0.250. The minimum atomic E-state index is -1.70. The molecule has 0 aliphatic rings. The molecule has 0 amide bonds. The number of carboxylic acid groups (broad SMARTS) is 2. The van der Waals surface area contributed by atoms with Crippen molar-refractivity contribution in [2.24, 2.45) is 0 Å². The van der Waals surface area contributed by atoms with E-state index in [9.17, 15) is 24.6 Å². The largest absolute Gasteiger partial charge is 0.545 e. The van der Waals surface area contributed by atoms with Gasteiger partial charge in [0.25, 0.3) is 0 Å². The standard InChI is InChI=1S/C12H12O6/c1-2-5-18-12(17)7-3-4-8(10(13)14)9(6-7)11(15)16/h3-4,6H,2,5H2,1H3,(H,13,14)(H,15,16)/p-2. The summed E-state index contributed by atoms with van der Waals surface area (Å²) >= 11 is 0. The maximum absolute atomic E-state index is 11.5. The summed E-state index contributed by atoms with van der Waals surface area (Å²) in [6, 6.07) is 3.04. The molecule has 6 nitrogen and oxygen atoms in total. The van der Waals surface area contributed by atoms with Gasteiger partial charge in [0.1, 0.15) is 0 Å². The minimum absolute atomic E-state index is 0.0485. The second kappa shape index (κ2) is 5.81. The molecular formula is C12H10O6-2. The van der Waals surface area contributed by atoms with Crippen LogP contribution in [0.25, 0.3) is 0 Å². The van der Waals surface area contributed by atoms with Gasteiger partial charge in [-0.3, -0.25) is 0 Å². The van der Waals surface area contributed by atoms with Gasteiger partial charge in [0.15, 0.2) is 0 Å². The number of benzene rings is 1. The number of ether oxygens (including phenoxy) is 1. The molecule has 0 atom stereocenters. The molecule has 0 radical (unpaired) electrons. The molecule has 18 heavy (non-hydrogen) atoms. The van der Waals surface area contributed by atoms with Crippen molar-refractivity contribution >= 4 is 17.9 Å². The first kappa shape index (κ1) is 13.7. The highest BCUT2D eigenvalue weighted by Gasteiger charge is 2.11. The number of carbonyl (C=O) groups excluding carboxylic acids is 3. The zero-order chi connectivity index (χ0) is 13.7. The van der Waals surface area contributed by atoms with Crippen molar-refractivity contribution < 1.29 is 29.3 Å². The third kappa shape index (κ3) is 3.07. The molecule has 1 aromatic rings. The van der Waals surface area contributed by atoms with Gasteiger partial charge in [-0.05, 0) is 18.6 Å². The Morgan fingerprint density at radius 1 is 1.11 bits per heavy atom. The number of hydrogen-bond acceptors (Lipinski definition) is 6. The first-order valence-corrected chi connectivity index (χ1v) is 5.21. The average Bonchev–Trinajstić information content (AvgIpc) is 2.34. The average molecular weight is 250 g/mol. The highest BCUT2D eigenvalue weighted by atomic mass is 16.5. The molecule has 0 bridgehead atoms. The van der Waals surface area contributed by atoms with Crippen LogP contribution in [-0.2, 0) is 4.74 Å². The lowest BCUT2D eigenvalue weighted by molar-refractivity contribution is -0.259. The van der Waals surface area contributed by atoms with Crippen molar-refractivity contribution in [1.82, 2.24) is 0 Å². The lowest BCUT2D eigenvalue weighted by atomic mass is 10.0. The van der Waals surface area contributed by atoms with Crippen LogP contribution in [0.1, 0.15) is 44.4 Å².